The third-order valence-corrected chi connectivity index (χ3v) is 3.71. The first kappa shape index (κ1) is 16.9. The zero-order chi connectivity index (χ0) is 15.2. The molecule has 110 valence electrons. The molecule has 0 aliphatic rings. The SMILES string of the molecule is COc1ccc(C(C#N)O[Si](C)(C)C)cc1OCSC. The number of rotatable bonds is 7. The summed E-state index contributed by atoms with van der Waals surface area (Å²) in [4.78, 5) is 0. The fourth-order valence-corrected chi connectivity index (χ4v) is 2.75. The first-order chi connectivity index (χ1) is 9.41. The lowest BCUT2D eigenvalue weighted by Gasteiger charge is -2.22. The van der Waals surface area contributed by atoms with Crippen LogP contribution in [0.1, 0.15) is 11.7 Å². The van der Waals surface area contributed by atoms with Gasteiger partial charge in [-0.1, -0.05) is 6.07 Å². The van der Waals surface area contributed by atoms with Gasteiger partial charge in [-0.3, -0.25) is 0 Å². The van der Waals surface area contributed by atoms with E-state index in [-0.39, 0.29) is 0 Å². The van der Waals surface area contributed by atoms with Crippen LogP contribution in [0.2, 0.25) is 19.6 Å². The Morgan fingerprint density at radius 1 is 1.30 bits per heavy atom. The third kappa shape index (κ3) is 5.08. The standard InChI is InChI=1S/C14H21NO3SSi/c1-16-12-7-6-11(8-13(12)17-10-19-2)14(9-15)18-20(3,4)5/h6-8,14H,10H2,1-5H3. The summed E-state index contributed by atoms with van der Waals surface area (Å²) < 4.78 is 16.8. The van der Waals surface area contributed by atoms with E-state index in [2.05, 4.69) is 25.7 Å². The Morgan fingerprint density at radius 3 is 2.50 bits per heavy atom. The van der Waals surface area contributed by atoms with Crippen molar-refractivity contribution in [2.45, 2.75) is 25.7 Å². The van der Waals surface area contributed by atoms with Crippen molar-refractivity contribution in [1.82, 2.24) is 0 Å². The minimum atomic E-state index is -1.79. The van der Waals surface area contributed by atoms with Crippen LogP contribution >= 0.6 is 11.8 Å². The first-order valence-electron chi connectivity index (χ1n) is 6.28. The molecule has 4 nitrogen and oxygen atoms in total. The number of hydrogen-bond donors (Lipinski definition) is 0. The number of thioether (sulfide) groups is 1. The van der Waals surface area contributed by atoms with Crippen LogP contribution in [-0.4, -0.2) is 27.6 Å². The highest BCUT2D eigenvalue weighted by molar-refractivity contribution is 7.98. The number of benzene rings is 1. The number of methoxy groups -OCH3 is 1. The molecular weight excluding hydrogens is 290 g/mol. The lowest BCUT2D eigenvalue weighted by atomic mass is 10.1. The molecule has 0 fully saturated rings. The quantitative estimate of drug-likeness (QED) is 0.566. The Labute approximate surface area is 126 Å². The highest BCUT2D eigenvalue weighted by Gasteiger charge is 2.23. The van der Waals surface area contributed by atoms with Crippen LogP contribution in [0.3, 0.4) is 0 Å². The van der Waals surface area contributed by atoms with Crippen molar-refractivity contribution < 1.29 is 13.9 Å². The molecule has 0 heterocycles. The summed E-state index contributed by atoms with van der Waals surface area (Å²) in [5.41, 5.74) is 0.798. The third-order valence-electron chi connectivity index (χ3n) is 2.41. The summed E-state index contributed by atoms with van der Waals surface area (Å²) in [5, 5.41) is 9.31. The minimum Gasteiger partial charge on any atom is -0.493 e. The largest absolute Gasteiger partial charge is 0.493 e. The summed E-state index contributed by atoms with van der Waals surface area (Å²) in [6.45, 7) is 6.18. The maximum absolute atomic E-state index is 9.31. The molecule has 1 rings (SSSR count). The van der Waals surface area contributed by atoms with Crippen molar-refractivity contribution in [1.29, 1.82) is 5.26 Å². The number of hydrogen-bond acceptors (Lipinski definition) is 5. The number of nitriles is 1. The summed E-state index contributed by atoms with van der Waals surface area (Å²) >= 11 is 1.58. The van der Waals surface area contributed by atoms with Crippen molar-refractivity contribution in [3.8, 4) is 17.6 Å². The van der Waals surface area contributed by atoms with Gasteiger partial charge in [0, 0.05) is 0 Å². The van der Waals surface area contributed by atoms with Gasteiger partial charge in [0.1, 0.15) is 5.94 Å². The van der Waals surface area contributed by atoms with E-state index in [1.54, 1.807) is 18.9 Å². The Kier molecular flexibility index (Phi) is 6.40. The molecule has 0 aromatic heterocycles. The van der Waals surface area contributed by atoms with E-state index < -0.39 is 14.4 Å². The summed E-state index contributed by atoms with van der Waals surface area (Å²) in [6.07, 6.45) is 1.40. The van der Waals surface area contributed by atoms with E-state index in [1.807, 2.05) is 24.5 Å². The smallest absolute Gasteiger partial charge is 0.186 e. The van der Waals surface area contributed by atoms with Crippen LogP contribution in [-0.2, 0) is 4.43 Å². The Balaban J connectivity index is 3.02. The van der Waals surface area contributed by atoms with Crippen molar-refractivity contribution in [2.75, 3.05) is 19.3 Å². The number of nitrogens with zero attached hydrogens (tertiary/aromatic N) is 1. The second kappa shape index (κ2) is 7.57. The van der Waals surface area contributed by atoms with Gasteiger partial charge >= 0.3 is 0 Å². The maximum atomic E-state index is 9.31. The molecule has 1 aromatic rings. The average molecular weight is 311 g/mol. The van der Waals surface area contributed by atoms with Gasteiger partial charge in [-0.05, 0) is 43.6 Å². The second-order valence-electron chi connectivity index (χ2n) is 5.20. The van der Waals surface area contributed by atoms with Gasteiger partial charge in [-0.15, -0.1) is 11.8 Å². The van der Waals surface area contributed by atoms with Crippen LogP contribution in [0, 0.1) is 11.3 Å². The average Bonchev–Trinajstić information content (AvgIpc) is 2.41. The molecule has 0 aliphatic heterocycles. The molecule has 0 bridgehead atoms. The van der Waals surface area contributed by atoms with Crippen LogP contribution in [0.4, 0.5) is 0 Å². The molecule has 1 atom stereocenters. The predicted molar refractivity (Wildman–Crippen MR) is 84.8 cm³/mol. The minimum absolute atomic E-state index is 0.534. The Bertz CT molecular complexity index is 482. The van der Waals surface area contributed by atoms with E-state index in [0.717, 1.165) is 5.56 Å². The first-order valence-corrected chi connectivity index (χ1v) is 11.1. The molecule has 6 heteroatoms. The zero-order valence-electron chi connectivity index (χ0n) is 12.6. The monoisotopic (exact) mass is 311 g/mol. The molecule has 1 unspecified atom stereocenters. The van der Waals surface area contributed by atoms with Crippen molar-refractivity contribution in [3.05, 3.63) is 23.8 Å². The van der Waals surface area contributed by atoms with E-state index in [1.165, 1.54) is 0 Å². The molecule has 0 amide bonds. The second-order valence-corrected chi connectivity index (χ2v) is 10.5. The van der Waals surface area contributed by atoms with Crippen LogP contribution in [0.15, 0.2) is 18.2 Å². The number of ether oxygens (including phenoxy) is 2. The lowest BCUT2D eigenvalue weighted by molar-refractivity contribution is 0.253. The van der Waals surface area contributed by atoms with E-state index in [0.29, 0.717) is 17.4 Å². The molecule has 0 N–H and O–H groups in total. The summed E-state index contributed by atoms with van der Waals surface area (Å²) in [7, 11) is -0.189. The fourth-order valence-electron chi connectivity index (χ4n) is 1.61. The molecule has 0 aliphatic carbocycles. The maximum Gasteiger partial charge on any atom is 0.186 e. The molecule has 20 heavy (non-hydrogen) atoms. The molecular formula is C14H21NO3SSi. The molecule has 0 saturated heterocycles. The molecule has 0 saturated carbocycles. The van der Waals surface area contributed by atoms with Crippen LogP contribution in [0.5, 0.6) is 11.5 Å². The van der Waals surface area contributed by atoms with Crippen molar-refractivity contribution >= 4 is 20.1 Å². The van der Waals surface area contributed by atoms with Gasteiger partial charge in [0.2, 0.25) is 0 Å². The normalized spacial score (nSPS) is 12.6. The van der Waals surface area contributed by atoms with Gasteiger partial charge in [0.25, 0.3) is 0 Å². The topological polar surface area (TPSA) is 51.5 Å². The summed E-state index contributed by atoms with van der Waals surface area (Å²) in [5.74, 6) is 1.83. The van der Waals surface area contributed by atoms with Gasteiger partial charge < -0.3 is 13.9 Å². The van der Waals surface area contributed by atoms with Crippen LogP contribution < -0.4 is 9.47 Å². The van der Waals surface area contributed by atoms with Crippen LogP contribution in [0.25, 0.3) is 0 Å². The fraction of sp³-hybridized carbons (Fsp3) is 0.500. The van der Waals surface area contributed by atoms with E-state index in [4.69, 9.17) is 13.9 Å². The lowest BCUT2D eigenvalue weighted by Crippen LogP contribution is -2.27. The molecule has 1 aromatic carbocycles. The van der Waals surface area contributed by atoms with E-state index in [9.17, 15) is 5.26 Å². The zero-order valence-corrected chi connectivity index (χ0v) is 14.4. The van der Waals surface area contributed by atoms with Gasteiger partial charge in [-0.2, -0.15) is 5.26 Å². The van der Waals surface area contributed by atoms with E-state index >= 15 is 0 Å². The molecule has 0 radical (unpaired) electrons. The van der Waals surface area contributed by atoms with Crippen molar-refractivity contribution in [2.24, 2.45) is 0 Å². The van der Waals surface area contributed by atoms with Crippen molar-refractivity contribution in [3.63, 3.8) is 0 Å². The molecule has 0 spiro atoms. The highest BCUT2D eigenvalue weighted by Crippen LogP contribution is 2.32. The van der Waals surface area contributed by atoms with Gasteiger partial charge in [-0.25, -0.2) is 0 Å². The Morgan fingerprint density at radius 2 is 2.00 bits per heavy atom. The van der Waals surface area contributed by atoms with Gasteiger partial charge in [0.15, 0.2) is 25.9 Å². The predicted octanol–water partition coefficient (Wildman–Crippen LogP) is 3.81. The highest BCUT2D eigenvalue weighted by atomic mass is 32.2. The Hall–Kier alpha value is -1.16. The van der Waals surface area contributed by atoms with Gasteiger partial charge in [0.05, 0.1) is 13.2 Å². The summed E-state index contributed by atoms with van der Waals surface area (Å²) in [6, 6.07) is 7.68.